The Labute approximate surface area is 155 Å². The summed E-state index contributed by atoms with van der Waals surface area (Å²) in [5, 5.41) is 0. The molecule has 1 aromatic carbocycles. The fraction of sp³-hybridized carbons (Fsp3) is 0.600. The number of carbonyl (C=O) groups is 2. The van der Waals surface area contributed by atoms with E-state index in [2.05, 4.69) is 0 Å². The second-order valence-corrected chi connectivity index (χ2v) is 7.44. The largest absolute Gasteiger partial charge is 0.485 e. The van der Waals surface area contributed by atoms with Gasteiger partial charge in [-0.3, -0.25) is 9.59 Å². The van der Waals surface area contributed by atoms with E-state index in [4.69, 9.17) is 9.47 Å². The summed E-state index contributed by atoms with van der Waals surface area (Å²) in [5.74, 6) is 0.934. The zero-order valence-corrected chi connectivity index (χ0v) is 15.9. The molecule has 1 aliphatic heterocycles. The molecule has 3 rings (SSSR count). The topological polar surface area (TPSA) is 59.1 Å². The number of ether oxygens (including phenoxy) is 2. The number of hydrogen-bond donors (Lipinski definition) is 0. The summed E-state index contributed by atoms with van der Waals surface area (Å²) < 4.78 is 11.6. The summed E-state index contributed by atoms with van der Waals surface area (Å²) >= 11 is 0. The van der Waals surface area contributed by atoms with Crippen molar-refractivity contribution in [2.24, 2.45) is 0 Å². The standard InChI is InChI=1S/C20H28N2O4/c1-15(23)21(2)17-8-10-20(11-9-17)14-22(19(24)13-25-3)12-16-6-4-5-7-18(16)26-20/h4-7,17H,8-14H2,1-3H3. The monoisotopic (exact) mass is 360 g/mol. The van der Waals surface area contributed by atoms with E-state index in [-0.39, 0.29) is 24.5 Å². The van der Waals surface area contributed by atoms with Crippen LogP contribution in [0.2, 0.25) is 0 Å². The van der Waals surface area contributed by atoms with Crippen LogP contribution >= 0.6 is 0 Å². The highest BCUT2D eigenvalue weighted by Crippen LogP contribution is 2.39. The number of benzene rings is 1. The van der Waals surface area contributed by atoms with Gasteiger partial charge in [-0.05, 0) is 31.7 Å². The molecule has 0 radical (unpaired) electrons. The maximum absolute atomic E-state index is 12.5. The molecule has 6 heteroatoms. The van der Waals surface area contributed by atoms with Crippen molar-refractivity contribution in [3.63, 3.8) is 0 Å². The Morgan fingerprint density at radius 2 is 2.00 bits per heavy atom. The van der Waals surface area contributed by atoms with Gasteiger partial charge in [-0.25, -0.2) is 0 Å². The van der Waals surface area contributed by atoms with Crippen LogP contribution < -0.4 is 4.74 Å². The Morgan fingerprint density at radius 1 is 1.31 bits per heavy atom. The van der Waals surface area contributed by atoms with Gasteiger partial charge < -0.3 is 19.3 Å². The lowest BCUT2D eigenvalue weighted by Crippen LogP contribution is -2.52. The Morgan fingerprint density at radius 3 is 2.65 bits per heavy atom. The third kappa shape index (κ3) is 3.85. The van der Waals surface area contributed by atoms with Crippen molar-refractivity contribution >= 4 is 11.8 Å². The summed E-state index contributed by atoms with van der Waals surface area (Å²) in [6.45, 7) is 2.78. The first-order chi connectivity index (χ1) is 12.4. The first-order valence-corrected chi connectivity index (χ1v) is 9.21. The van der Waals surface area contributed by atoms with E-state index >= 15 is 0 Å². The molecule has 6 nitrogen and oxygen atoms in total. The molecule has 0 bridgehead atoms. The quantitative estimate of drug-likeness (QED) is 0.829. The fourth-order valence-electron chi connectivity index (χ4n) is 4.03. The SMILES string of the molecule is COCC(=O)N1Cc2ccccc2OC2(CCC(N(C)C(C)=O)CC2)C1. The third-order valence-corrected chi connectivity index (χ3v) is 5.67. The van der Waals surface area contributed by atoms with Crippen LogP contribution in [0.5, 0.6) is 5.75 Å². The molecule has 1 aromatic rings. The summed E-state index contributed by atoms with van der Waals surface area (Å²) in [7, 11) is 3.40. The van der Waals surface area contributed by atoms with Gasteiger partial charge in [0.1, 0.15) is 18.0 Å². The van der Waals surface area contributed by atoms with Crippen molar-refractivity contribution in [1.82, 2.24) is 9.80 Å². The second kappa shape index (κ2) is 7.66. The molecule has 0 N–H and O–H groups in total. The van der Waals surface area contributed by atoms with E-state index < -0.39 is 5.60 Å². The molecule has 1 saturated carbocycles. The zero-order valence-electron chi connectivity index (χ0n) is 15.9. The summed E-state index contributed by atoms with van der Waals surface area (Å²) in [5.41, 5.74) is 0.626. The Kier molecular flexibility index (Phi) is 5.51. The van der Waals surface area contributed by atoms with Gasteiger partial charge in [0.15, 0.2) is 0 Å². The lowest BCUT2D eigenvalue weighted by molar-refractivity contribution is -0.139. The van der Waals surface area contributed by atoms with Gasteiger partial charge in [0, 0.05) is 39.2 Å². The lowest BCUT2D eigenvalue weighted by atomic mass is 9.81. The van der Waals surface area contributed by atoms with Crippen LogP contribution in [0.15, 0.2) is 24.3 Å². The number of para-hydroxylation sites is 1. The van der Waals surface area contributed by atoms with Crippen LogP contribution in [0.3, 0.4) is 0 Å². The number of nitrogens with zero attached hydrogens (tertiary/aromatic N) is 2. The highest BCUT2D eigenvalue weighted by Gasteiger charge is 2.43. The van der Waals surface area contributed by atoms with Gasteiger partial charge in [0.05, 0.1) is 6.54 Å². The molecular formula is C20H28N2O4. The molecule has 1 fully saturated rings. The van der Waals surface area contributed by atoms with Gasteiger partial charge in [-0.15, -0.1) is 0 Å². The number of amides is 2. The number of fused-ring (bicyclic) bond motifs is 1. The minimum absolute atomic E-state index is 0.0184. The Balaban J connectivity index is 1.82. The van der Waals surface area contributed by atoms with Crippen molar-refractivity contribution in [1.29, 1.82) is 0 Å². The van der Waals surface area contributed by atoms with E-state index in [0.29, 0.717) is 13.1 Å². The molecule has 1 heterocycles. The minimum Gasteiger partial charge on any atom is -0.485 e. The van der Waals surface area contributed by atoms with Crippen molar-refractivity contribution in [2.75, 3.05) is 27.3 Å². The van der Waals surface area contributed by atoms with E-state index in [1.165, 1.54) is 0 Å². The Bertz CT molecular complexity index is 668. The fourth-order valence-corrected chi connectivity index (χ4v) is 4.03. The molecular weight excluding hydrogens is 332 g/mol. The number of methoxy groups -OCH3 is 1. The van der Waals surface area contributed by atoms with Crippen molar-refractivity contribution in [3.05, 3.63) is 29.8 Å². The zero-order chi connectivity index (χ0) is 18.7. The molecule has 0 unspecified atom stereocenters. The summed E-state index contributed by atoms with van der Waals surface area (Å²) in [6, 6.07) is 8.17. The number of carbonyl (C=O) groups excluding carboxylic acids is 2. The van der Waals surface area contributed by atoms with Crippen molar-refractivity contribution in [3.8, 4) is 5.75 Å². The van der Waals surface area contributed by atoms with Gasteiger partial charge in [-0.1, -0.05) is 18.2 Å². The van der Waals surface area contributed by atoms with Gasteiger partial charge in [-0.2, -0.15) is 0 Å². The molecule has 142 valence electrons. The maximum Gasteiger partial charge on any atom is 0.248 e. The highest BCUT2D eigenvalue weighted by molar-refractivity contribution is 5.77. The average Bonchev–Trinajstić information content (AvgIpc) is 2.78. The van der Waals surface area contributed by atoms with Crippen molar-refractivity contribution in [2.45, 2.75) is 50.8 Å². The summed E-state index contributed by atoms with van der Waals surface area (Å²) in [4.78, 5) is 27.9. The molecule has 2 amide bonds. The van der Waals surface area contributed by atoms with Gasteiger partial charge in [0.2, 0.25) is 11.8 Å². The Hall–Kier alpha value is -2.08. The average molecular weight is 360 g/mol. The predicted octanol–water partition coefficient (Wildman–Crippen LogP) is 2.21. The first-order valence-electron chi connectivity index (χ1n) is 9.21. The molecule has 0 aromatic heterocycles. The van der Waals surface area contributed by atoms with Crippen LogP contribution in [-0.2, 0) is 20.9 Å². The smallest absolute Gasteiger partial charge is 0.248 e. The van der Waals surface area contributed by atoms with Crippen LogP contribution in [0.25, 0.3) is 0 Å². The molecule has 1 aliphatic carbocycles. The van der Waals surface area contributed by atoms with Crippen molar-refractivity contribution < 1.29 is 19.1 Å². The first kappa shape index (κ1) is 18.7. The third-order valence-electron chi connectivity index (χ3n) is 5.67. The summed E-state index contributed by atoms with van der Waals surface area (Å²) in [6.07, 6.45) is 3.40. The second-order valence-electron chi connectivity index (χ2n) is 7.44. The molecule has 0 atom stereocenters. The van der Waals surface area contributed by atoms with E-state index in [9.17, 15) is 9.59 Å². The molecule has 26 heavy (non-hydrogen) atoms. The lowest BCUT2D eigenvalue weighted by Gasteiger charge is -2.43. The molecule has 0 saturated heterocycles. The van der Waals surface area contributed by atoms with E-state index in [1.807, 2.05) is 41.1 Å². The van der Waals surface area contributed by atoms with Gasteiger partial charge in [0.25, 0.3) is 0 Å². The minimum atomic E-state index is -0.399. The maximum atomic E-state index is 12.5. The van der Waals surface area contributed by atoms with Crippen LogP contribution in [0, 0.1) is 0 Å². The van der Waals surface area contributed by atoms with E-state index in [1.54, 1.807) is 14.0 Å². The number of rotatable bonds is 3. The van der Waals surface area contributed by atoms with Crippen LogP contribution in [-0.4, -0.2) is 60.6 Å². The van der Waals surface area contributed by atoms with E-state index in [0.717, 1.165) is 37.0 Å². The van der Waals surface area contributed by atoms with Crippen LogP contribution in [0.4, 0.5) is 0 Å². The number of hydrogen-bond acceptors (Lipinski definition) is 4. The van der Waals surface area contributed by atoms with Crippen LogP contribution in [0.1, 0.15) is 38.2 Å². The normalized spacial score (nSPS) is 25.2. The molecule has 2 aliphatic rings. The predicted molar refractivity (Wildman–Crippen MR) is 97.8 cm³/mol. The molecule has 1 spiro atoms. The van der Waals surface area contributed by atoms with Gasteiger partial charge >= 0.3 is 0 Å². The highest BCUT2D eigenvalue weighted by atomic mass is 16.5.